The highest BCUT2D eigenvalue weighted by Gasteiger charge is 2.27. The van der Waals surface area contributed by atoms with Crippen molar-refractivity contribution >= 4 is 29.5 Å². The Hall–Kier alpha value is -1.36. The van der Waals surface area contributed by atoms with Crippen molar-refractivity contribution in [3.8, 4) is 0 Å². The highest BCUT2D eigenvalue weighted by atomic mass is 32.2. The van der Waals surface area contributed by atoms with Gasteiger partial charge in [-0.15, -0.1) is 0 Å². The Balaban J connectivity index is 4.71. The SMILES string of the molecule is CSCC[C@H](NC(=O)[C@@H](N)CCCCN)C(=O)N[C@@H](CO)C(=O)O. The first-order valence-corrected chi connectivity index (χ1v) is 9.15. The number of thioether (sulfide) groups is 1. The van der Waals surface area contributed by atoms with E-state index in [1.807, 2.05) is 6.26 Å². The zero-order valence-electron chi connectivity index (χ0n) is 13.9. The van der Waals surface area contributed by atoms with Gasteiger partial charge in [0.25, 0.3) is 0 Å². The summed E-state index contributed by atoms with van der Waals surface area (Å²) < 4.78 is 0. The zero-order valence-corrected chi connectivity index (χ0v) is 14.7. The minimum Gasteiger partial charge on any atom is -0.480 e. The Morgan fingerprint density at radius 1 is 1.08 bits per heavy atom. The van der Waals surface area contributed by atoms with Crippen LogP contribution in [0.15, 0.2) is 0 Å². The number of unbranched alkanes of at least 4 members (excludes halogenated alkanes) is 1. The van der Waals surface area contributed by atoms with Gasteiger partial charge >= 0.3 is 5.97 Å². The number of nitrogens with one attached hydrogen (secondary N) is 2. The van der Waals surface area contributed by atoms with Crippen molar-refractivity contribution in [1.29, 1.82) is 0 Å². The number of carbonyl (C=O) groups excluding carboxylic acids is 2. The Kier molecular flexibility index (Phi) is 12.3. The molecule has 0 heterocycles. The second-order valence-electron chi connectivity index (χ2n) is 5.32. The molecule has 10 heteroatoms. The van der Waals surface area contributed by atoms with Gasteiger partial charge in [-0.2, -0.15) is 11.8 Å². The molecule has 0 aromatic rings. The molecular formula is C14H28N4O5S. The number of nitrogens with two attached hydrogens (primary N) is 2. The van der Waals surface area contributed by atoms with Gasteiger partial charge in [0.2, 0.25) is 11.8 Å². The third kappa shape index (κ3) is 9.06. The number of amides is 2. The normalized spacial score (nSPS) is 14.5. The third-order valence-electron chi connectivity index (χ3n) is 3.35. The quantitative estimate of drug-likeness (QED) is 0.209. The van der Waals surface area contributed by atoms with Crippen molar-refractivity contribution in [1.82, 2.24) is 10.6 Å². The summed E-state index contributed by atoms with van der Waals surface area (Å²) in [4.78, 5) is 35.1. The lowest BCUT2D eigenvalue weighted by atomic mass is 10.1. The number of hydrogen-bond donors (Lipinski definition) is 6. The zero-order chi connectivity index (χ0) is 18.5. The van der Waals surface area contributed by atoms with E-state index < -0.39 is 42.5 Å². The molecule has 0 aliphatic carbocycles. The van der Waals surface area contributed by atoms with E-state index in [-0.39, 0.29) is 0 Å². The van der Waals surface area contributed by atoms with Gasteiger partial charge in [0.1, 0.15) is 12.1 Å². The van der Waals surface area contributed by atoms with E-state index in [2.05, 4.69) is 10.6 Å². The largest absolute Gasteiger partial charge is 0.480 e. The maximum Gasteiger partial charge on any atom is 0.328 e. The van der Waals surface area contributed by atoms with Crippen molar-refractivity contribution in [2.45, 2.75) is 43.8 Å². The van der Waals surface area contributed by atoms with Crippen molar-refractivity contribution < 1.29 is 24.6 Å². The van der Waals surface area contributed by atoms with Crippen molar-refractivity contribution in [2.24, 2.45) is 11.5 Å². The third-order valence-corrected chi connectivity index (χ3v) is 3.99. The highest BCUT2D eigenvalue weighted by molar-refractivity contribution is 7.98. The summed E-state index contributed by atoms with van der Waals surface area (Å²) in [6.45, 7) is -0.215. The molecule has 0 unspecified atom stereocenters. The number of carbonyl (C=O) groups is 3. The van der Waals surface area contributed by atoms with Gasteiger partial charge in [0.15, 0.2) is 0 Å². The van der Waals surface area contributed by atoms with Gasteiger partial charge in [-0.1, -0.05) is 6.42 Å². The molecule has 140 valence electrons. The van der Waals surface area contributed by atoms with Crippen LogP contribution < -0.4 is 22.1 Å². The molecule has 0 aliphatic heterocycles. The van der Waals surface area contributed by atoms with Crippen LogP contribution in [0.25, 0.3) is 0 Å². The molecule has 0 spiro atoms. The Bertz CT molecular complexity index is 411. The second kappa shape index (κ2) is 13.0. The molecule has 0 radical (unpaired) electrons. The predicted octanol–water partition coefficient (Wildman–Crippen LogP) is -1.76. The standard InChI is InChI=1S/C14H28N4O5S/c1-24-7-5-10(13(21)18-11(8-19)14(22)23)17-12(20)9(16)4-2-3-6-15/h9-11,19H,2-8,15-16H2,1H3,(H,17,20)(H,18,21)(H,22,23)/t9-,10-,11-/m0/s1. The second-order valence-corrected chi connectivity index (χ2v) is 6.30. The van der Waals surface area contributed by atoms with Crippen LogP contribution in [0.3, 0.4) is 0 Å². The number of carboxylic acid groups (broad SMARTS) is 1. The molecule has 0 rings (SSSR count). The van der Waals surface area contributed by atoms with E-state index in [4.69, 9.17) is 21.7 Å². The van der Waals surface area contributed by atoms with Gasteiger partial charge in [-0.25, -0.2) is 4.79 Å². The summed E-state index contributed by atoms with van der Waals surface area (Å²) in [6.07, 6.45) is 4.09. The lowest BCUT2D eigenvalue weighted by Crippen LogP contribution is -2.55. The molecular weight excluding hydrogens is 336 g/mol. The van der Waals surface area contributed by atoms with E-state index in [9.17, 15) is 14.4 Å². The summed E-state index contributed by atoms with van der Waals surface area (Å²) >= 11 is 1.49. The van der Waals surface area contributed by atoms with E-state index in [0.717, 1.165) is 6.42 Å². The minimum atomic E-state index is -1.41. The smallest absolute Gasteiger partial charge is 0.328 e. The Morgan fingerprint density at radius 3 is 2.21 bits per heavy atom. The van der Waals surface area contributed by atoms with Crippen molar-refractivity contribution in [3.05, 3.63) is 0 Å². The number of rotatable bonds is 13. The van der Waals surface area contributed by atoms with E-state index in [1.54, 1.807) is 0 Å². The first kappa shape index (κ1) is 22.6. The molecule has 0 bridgehead atoms. The van der Waals surface area contributed by atoms with Crippen LogP contribution in [0.2, 0.25) is 0 Å². The maximum absolute atomic E-state index is 12.2. The average Bonchev–Trinajstić information content (AvgIpc) is 2.55. The summed E-state index contributed by atoms with van der Waals surface area (Å²) in [5.41, 5.74) is 11.2. The average molecular weight is 364 g/mol. The number of aliphatic hydroxyl groups excluding tert-OH is 1. The van der Waals surface area contributed by atoms with Crippen LogP contribution in [0, 0.1) is 0 Å². The molecule has 0 saturated heterocycles. The first-order chi connectivity index (χ1) is 11.4. The lowest BCUT2D eigenvalue weighted by Gasteiger charge is -2.22. The molecule has 3 atom stereocenters. The van der Waals surface area contributed by atoms with E-state index in [0.29, 0.717) is 31.6 Å². The fourth-order valence-electron chi connectivity index (χ4n) is 1.88. The topological polar surface area (TPSA) is 168 Å². The lowest BCUT2D eigenvalue weighted by molar-refractivity contribution is -0.143. The molecule has 8 N–H and O–H groups in total. The van der Waals surface area contributed by atoms with Crippen LogP contribution in [0.5, 0.6) is 0 Å². The molecule has 2 amide bonds. The van der Waals surface area contributed by atoms with E-state index in [1.165, 1.54) is 11.8 Å². The summed E-state index contributed by atoms with van der Waals surface area (Å²) in [6, 6.07) is -3.07. The van der Waals surface area contributed by atoms with Crippen molar-refractivity contribution in [3.63, 3.8) is 0 Å². The van der Waals surface area contributed by atoms with Gasteiger partial charge in [-0.05, 0) is 37.8 Å². The highest BCUT2D eigenvalue weighted by Crippen LogP contribution is 2.04. The molecule has 9 nitrogen and oxygen atoms in total. The summed E-state index contributed by atoms with van der Waals surface area (Å²) in [5, 5.41) is 22.6. The van der Waals surface area contributed by atoms with Crippen molar-refractivity contribution in [2.75, 3.05) is 25.2 Å². The number of aliphatic carboxylic acids is 1. The maximum atomic E-state index is 12.2. The fraction of sp³-hybridized carbons (Fsp3) is 0.786. The van der Waals surface area contributed by atoms with Crippen LogP contribution >= 0.6 is 11.8 Å². The van der Waals surface area contributed by atoms with Gasteiger partial charge in [0, 0.05) is 0 Å². The first-order valence-electron chi connectivity index (χ1n) is 7.76. The number of carboxylic acids is 1. The monoisotopic (exact) mass is 364 g/mol. The molecule has 0 fully saturated rings. The number of aliphatic hydroxyl groups is 1. The Morgan fingerprint density at radius 2 is 1.71 bits per heavy atom. The Labute approximate surface area is 145 Å². The number of hydrogen-bond acceptors (Lipinski definition) is 7. The summed E-state index contributed by atoms with van der Waals surface area (Å²) in [7, 11) is 0. The van der Waals surface area contributed by atoms with Gasteiger partial charge < -0.3 is 32.3 Å². The van der Waals surface area contributed by atoms with E-state index >= 15 is 0 Å². The van der Waals surface area contributed by atoms with Gasteiger partial charge in [0.05, 0.1) is 12.6 Å². The molecule has 0 aliphatic rings. The van der Waals surface area contributed by atoms with Crippen LogP contribution in [0.1, 0.15) is 25.7 Å². The molecule has 0 saturated carbocycles. The molecule has 0 aromatic heterocycles. The van der Waals surface area contributed by atoms with Crippen LogP contribution in [0.4, 0.5) is 0 Å². The van der Waals surface area contributed by atoms with Gasteiger partial charge in [-0.3, -0.25) is 9.59 Å². The molecule has 24 heavy (non-hydrogen) atoms. The fourth-order valence-corrected chi connectivity index (χ4v) is 2.35. The minimum absolute atomic E-state index is 0.325. The molecule has 0 aromatic carbocycles. The predicted molar refractivity (Wildman–Crippen MR) is 92.5 cm³/mol. The van der Waals surface area contributed by atoms with Crippen LogP contribution in [-0.2, 0) is 14.4 Å². The van der Waals surface area contributed by atoms with Crippen LogP contribution in [-0.4, -0.2) is 71.3 Å². The summed E-state index contributed by atoms with van der Waals surface area (Å²) in [5.74, 6) is -1.88.